The number of ether oxygens (including phenoxy) is 1. The molecule has 0 spiro atoms. The summed E-state index contributed by atoms with van der Waals surface area (Å²) in [5.74, 6) is -0.887. The number of anilines is 1. The summed E-state index contributed by atoms with van der Waals surface area (Å²) in [5, 5.41) is 19.2. The Bertz CT molecular complexity index is 754. The van der Waals surface area contributed by atoms with Crippen molar-refractivity contribution in [2.45, 2.75) is 37.4 Å². The molecule has 0 saturated carbocycles. The molecule has 0 bridgehead atoms. The van der Waals surface area contributed by atoms with E-state index in [9.17, 15) is 13.2 Å². The molecule has 2 fully saturated rings. The van der Waals surface area contributed by atoms with Crippen molar-refractivity contribution >= 4 is 32.4 Å². The van der Waals surface area contributed by atoms with Crippen LogP contribution in [0.25, 0.3) is 0 Å². The summed E-state index contributed by atoms with van der Waals surface area (Å²) in [5.41, 5.74) is 1.54. The zero-order valence-corrected chi connectivity index (χ0v) is 16.9. The molecule has 0 radical (unpaired) electrons. The molecule has 27 heavy (non-hydrogen) atoms. The van der Waals surface area contributed by atoms with Crippen molar-refractivity contribution in [1.82, 2.24) is 20.0 Å². The number of aryl methyl sites for hydroxylation is 1. The molecular weight excluding hydrogens is 394 g/mol. The number of nitrogens with one attached hydrogen (secondary N) is 1. The SMILES string of the molecule is CCCc1nnc(N2CCN(S(=O)(=O)C3(C(=O)NO)CCOCC3)CC2)s1. The number of rotatable bonds is 6. The fraction of sp³-hybridized carbons (Fsp3) is 0.800. The van der Waals surface area contributed by atoms with Gasteiger partial charge < -0.3 is 9.64 Å². The summed E-state index contributed by atoms with van der Waals surface area (Å²) in [4.78, 5) is 14.3. The van der Waals surface area contributed by atoms with E-state index in [4.69, 9.17) is 9.94 Å². The molecule has 12 heteroatoms. The van der Waals surface area contributed by atoms with Crippen LogP contribution in [0.4, 0.5) is 5.13 Å². The van der Waals surface area contributed by atoms with Crippen molar-refractivity contribution in [2.75, 3.05) is 44.3 Å². The van der Waals surface area contributed by atoms with E-state index in [0.717, 1.165) is 23.0 Å². The van der Waals surface area contributed by atoms with E-state index in [2.05, 4.69) is 17.1 Å². The minimum Gasteiger partial charge on any atom is -0.381 e. The first-order valence-electron chi connectivity index (χ1n) is 9.04. The van der Waals surface area contributed by atoms with E-state index in [1.807, 2.05) is 4.90 Å². The largest absolute Gasteiger partial charge is 0.381 e. The molecule has 2 aliphatic rings. The van der Waals surface area contributed by atoms with E-state index in [1.54, 1.807) is 5.48 Å². The Balaban J connectivity index is 1.72. The van der Waals surface area contributed by atoms with Gasteiger partial charge in [-0.3, -0.25) is 10.0 Å². The minimum atomic E-state index is -3.95. The molecule has 3 rings (SSSR count). The van der Waals surface area contributed by atoms with Crippen LogP contribution in [0.15, 0.2) is 0 Å². The van der Waals surface area contributed by atoms with Crippen LogP contribution in [0.3, 0.4) is 0 Å². The number of hydrogen-bond donors (Lipinski definition) is 2. The molecule has 2 saturated heterocycles. The van der Waals surface area contributed by atoms with Crippen LogP contribution in [0.5, 0.6) is 0 Å². The van der Waals surface area contributed by atoms with Gasteiger partial charge in [0, 0.05) is 58.7 Å². The Hall–Kier alpha value is -1.34. The smallest absolute Gasteiger partial charge is 0.266 e. The van der Waals surface area contributed by atoms with Gasteiger partial charge in [-0.25, -0.2) is 13.9 Å². The van der Waals surface area contributed by atoms with Crippen molar-refractivity contribution in [2.24, 2.45) is 0 Å². The monoisotopic (exact) mass is 419 g/mol. The third-order valence-corrected chi connectivity index (χ3v) is 8.75. The van der Waals surface area contributed by atoms with E-state index in [0.29, 0.717) is 13.1 Å². The van der Waals surface area contributed by atoms with Crippen LogP contribution in [-0.4, -0.2) is 78.2 Å². The number of hydrogen-bond acceptors (Lipinski definition) is 9. The van der Waals surface area contributed by atoms with Gasteiger partial charge in [0.1, 0.15) is 5.01 Å². The van der Waals surface area contributed by atoms with Crippen molar-refractivity contribution < 1.29 is 23.2 Å². The number of amides is 1. The lowest BCUT2D eigenvalue weighted by Gasteiger charge is -2.41. The lowest BCUT2D eigenvalue weighted by atomic mass is 9.98. The predicted octanol–water partition coefficient (Wildman–Crippen LogP) is -0.00300. The van der Waals surface area contributed by atoms with Crippen LogP contribution >= 0.6 is 11.3 Å². The number of carbonyl (C=O) groups is 1. The number of nitrogens with zero attached hydrogens (tertiary/aromatic N) is 4. The van der Waals surface area contributed by atoms with Crippen LogP contribution in [0.2, 0.25) is 0 Å². The second kappa shape index (κ2) is 8.35. The Kier molecular flexibility index (Phi) is 6.31. The first kappa shape index (κ1) is 20.4. The molecule has 1 amide bonds. The maximum Gasteiger partial charge on any atom is 0.266 e. The molecular formula is C15H25N5O5S2. The predicted molar refractivity (Wildman–Crippen MR) is 99.3 cm³/mol. The molecule has 152 valence electrons. The third-order valence-electron chi connectivity index (χ3n) is 5.08. The normalized spacial score (nSPS) is 21.2. The fourth-order valence-corrected chi connectivity index (χ4v) is 6.55. The highest BCUT2D eigenvalue weighted by Crippen LogP contribution is 2.34. The number of hydroxylamine groups is 1. The van der Waals surface area contributed by atoms with E-state index in [1.165, 1.54) is 15.6 Å². The number of carbonyl (C=O) groups excluding carboxylic acids is 1. The highest BCUT2D eigenvalue weighted by Gasteiger charge is 2.54. The number of sulfonamides is 1. The molecule has 1 aromatic rings. The zero-order valence-electron chi connectivity index (χ0n) is 15.3. The van der Waals surface area contributed by atoms with Gasteiger partial charge in [0.2, 0.25) is 15.2 Å². The van der Waals surface area contributed by atoms with Crippen molar-refractivity contribution in [3.05, 3.63) is 5.01 Å². The summed E-state index contributed by atoms with van der Waals surface area (Å²) in [6.07, 6.45) is 1.93. The minimum absolute atomic E-state index is 0.0265. The van der Waals surface area contributed by atoms with E-state index >= 15 is 0 Å². The summed E-state index contributed by atoms with van der Waals surface area (Å²) in [6, 6.07) is 0. The molecule has 2 N–H and O–H groups in total. The quantitative estimate of drug-likeness (QED) is 0.487. The Morgan fingerprint density at radius 1 is 1.26 bits per heavy atom. The lowest BCUT2D eigenvalue weighted by Crippen LogP contribution is -2.62. The molecule has 0 aliphatic carbocycles. The van der Waals surface area contributed by atoms with Crippen molar-refractivity contribution in [3.63, 3.8) is 0 Å². The molecule has 0 unspecified atom stereocenters. The highest BCUT2D eigenvalue weighted by molar-refractivity contribution is 7.91. The topological polar surface area (TPSA) is 125 Å². The summed E-state index contributed by atoms with van der Waals surface area (Å²) >= 11 is 1.53. The maximum atomic E-state index is 13.2. The first-order chi connectivity index (χ1) is 12.9. The molecule has 0 aromatic carbocycles. The van der Waals surface area contributed by atoms with Crippen molar-refractivity contribution in [3.8, 4) is 0 Å². The van der Waals surface area contributed by atoms with Crippen LogP contribution in [0.1, 0.15) is 31.2 Å². The Labute approximate surface area is 162 Å². The summed E-state index contributed by atoms with van der Waals surface area (Å²) in [7, 11) is -3.95. The molecule has 3 heterocycles. The van der Waals surface area contributed by atoms with Gasteiger partial charge in [-0.05, 0) is 6.42 Å². The molecule has 10 nitrogen and oxygen atoms in total. The molecule has 2 aliphatic heterocycles. The maximum absolute atomic E-state index is 13.2. The van der Waals surface area contributed by atoms with E-state index < -0.39 is 20.7 Å². The summed E-state index contributed by atoms with van der Waals surface area (Å²) < 4.78 is 31.4. The average molecular weight is 420 g/mol. The van der Waals surface area contributed by atoms with Gasteiger partial charge in [-0.1, -0.05) is 18.3 Å². The van der Waals surface area contributed by atoms with Crippen molar-refractivity contribution in [1.29, 1.82) is 0 Å². The van der Waals surface area contributed by atoms with Gasteiger partial charge in [0.05, 0.1) is 0 Å². The lowest BCUT2D eigenvalue weighted by molar-refractivity contribution is -0.134. The van der Waals surface area contributed by atoms with Crippen LogP contribution in [0, 0.1) is 0 Å². The highest BCUT2D eigenvalue weighted by atomic mass is 32.2. The molecule has 1 aromatic heterocycles. The summed E-state index contributed by atoms with van der Waals surface area (Å²) in [6.45, 7) is 3.88. The third kappa shape index (κ3) is 3.81. The van der Waals surface area contributed by atoms with Crippen LogP contribution < -0.4 is 10.4 Å². The average Bonchev–Trinajstić information content (AvgIpc) is 3.17. The van der Waals surface area contributed by atoms with Gasteiger partial charge in [-0.15, -0.1) is 10.2 Å². The van der Waals surface area contributed by atoms with Gasteiger partial charge in [0.15, 0.2) is 4.75 Å². The number of piperazine rings is 1. The second-order valence-electron chi connectivity index (χ2n) is 6.67. The van der Waals surface area contributed by atoms with Gasteiger partial charge in [-0.2, -0.15) is 4.31 Å². The standard InChI is InChI=1S/C15H25N5O5S2/c1-2-3-12-16-17-14(26-12)19-6-8-20(9-7-19)27(23,24)15(13(21)18-22)4-10-25-11-5-15/h22H,2-11H2,1H3,(H,18,21). The number of aromatic nitrogens is 2. The first-order valence-corrected chi connectivity index (χ1v) is 11.3. The van der Waals surface area contributed by atoms with E-state index in [-0.39, 0.29) is 39.1 Å². The molecule has 0 atom stereocenters. The van der Waals surface area contributed by atoms with Gasteiger partial charge >= 0.3 is 0 Å². The zero-order chi connectivity index (χ0) is 19.5. The second-order valence-corrected chi connectivity index (χ2v) is 9.96. The van der Waals surface area contributed by atoms with Crippen LogP contribution in [-0.2, 0) is 26.0 Å². The fourth-order valence-electron chi connectivity index (χ4n) is 3.46. The Morgan fingerprint density at radius 2 is 1.93 bits per heavy atom. The Morgan fingerprint density at radius 3 is 2.52 bits per heavy atom. The van der Waals surface area contributed by atoms with Gasteiger partial charge in [0.25, 0.3) is 5.91 Å².